The fourth-order valence-corrected chi connectivity index (χ4v) is 9.23. The molecule has 2 heteroatoms. The summed E-state index contributed by atoms with van der Waals surface area (Å²) in [6.07, 6.45) is 11.9. The first-order chi connectivity index (χ1) is 14.8. The zero-order valence-electron chi connectivity index (χ0n) is 22.1. The monoisotopic (exact) mass is 440 g/mol. The lowest BCUT2D eigenvalue weighted by molar-refractivity contribution is -0.125. The Balaban J connectivity index is 1.67. The van der Waals surface area contributed by atoms with Gasteiger partial charge in [0.25, 0.3) is 0 Å². The number of aliphatic hydroxyl groups is 1. The molecule has 0 saturated heterocycles. The predicted octanol–water partition coefficient (Wildman–Crippen LogP) is 7.66. The molecule has 2 nitrogen and oxygen atoms in total. The molecule has 0 amide bonds. The SMILES string of the molecule is CC(C)=CCC(=O)C(C)C1CCC2(C)C3=C(CCC12C)C1(C)CCC(O)C(C)(C)C1CC3. The van der Waals surface area contributed by atoms with Crippen molar-refractivity contribution in [1.82, 2.24) is 0 Å². The van der Waals surface area contributed by atoms with Crippen LogP contribution in [0.25, 0.3) is 0 Å². The molecule has 0 aromatic heterocycles. The number of hydrogen-bond acceptors (Lipinski definition) is 2. The molecule has 0 aliphatic heterocycles. The molecular formula is C30H48O2. The van der Waals surface area contributed by atoms with E-state index in [1.165, 1.54) is 44.1 Å². The second kappa shape index (κ2) is 7.82. The number of allylic oxidation sites excluding steroid dienone is 4. The van der Waals surface area contributed by atoms with Crippen LogP contribution in [0.3, 0.4) is 0 Å². The van der Waals surface area contributed by atoms with E-state index in [0.717, 1.165) is 12.8 Å². The lowest BCUT2D eigenvalue weighted by Gasteiger charge is -2.62. The molecular weight excluding hydrogens is 392 g/mol. The number of fused-ring (bicyclic) bond motifs is 4. The van der Waals surface area contributed by atoms with Gasteiger partial charge in [-0.2, -0.15) is 0 Å². The van der Waals surface area contributed by atoms with E-state index in [0.29, 0.717) is 24.0 Å². The van der Waals surface area contributed by atoms with Gasteiger partial charge in [-0.1, -0.05) is 64.3 Å². The third-order valence-electron chi connectivity index (χ3n) is 11.6. The first kappa shape index (κ1) is 24.2. The van der Waals surface area contributed by atoms with Crippen molar-refractivity contribution in [2.75, 3.05) is 0 Å². The minimum absolute atomic E-state index is 0.00272. The summed E-state index contributed by atoms with van der Waals surface area (Å²) in [7, 11) is 0. The van der Waals surface area contributed by atoms with Crippen LogP contribution in [-0.2, 0) is 4.79 Å². The summed E-state index contributed by atoms with van der Waals surface area (Å²) in [6.45, 7) is 18.6. The van der Waals surface area contributed by atoms with Crippen molar-refractivity contribution in [1.29, 1.82) is 0 Å². The smallest absolute Gasteiger partial charge is 0.139 e. The summed E-state index contributed by atoms with van der Waals surface area (Å²) >= 11 is 0. The molecule has 0 aromatic carbocycles. The second-order valence-electron chi connectivity index (χ2n) is 13.5. The van der Waals surface area contributed by atoms with E-state index >= 15 is 0 Å². The minimum Gasteiger partial charge on any atom is -0.393 e. The second-order valence-corrected chi connectivity index (χ2v) is 13.5. The summed E-state index contributed by atoms with van der Waals surface area (Å²) in [5.74, 6) is 1.65. The fourth-order valence-electron chi connectivity index (χ4n) is 9.23. The van der Waals surface area contributed by atoms with Crippen LogP contribution in [-0.4, -0.2) is 17.0 Å². The minimum atomic E-state index is -0.171. The first-order valence-electron chi connectivity index (χ1n) is 13.4. The van der Waals surface area contributed by atoms with Gasteiger partial charge in [0.05, 0.1) is 6.10 Å². The molecule has 7 atom stereocenters. The number of rotatable bonds is 4. The van der Waals surface area contributed by atoms with E-state index in [4.69, 9.17) is 0 Å². The zero-order valence-corrected chi connectivity index (χ0v) is 22.1. The summed E-state index contributed by atoms with van der Waals surface area (Å²) in [6, 6.07) is 0. The molecule has 0 bridgehead atoms. The van der Waals surface area contributed by atoms with E-state index in [1.54, 1.807) is 11.1 Å². The summed E-state index contributed by atoms with van der Waals surface area (Å²) in [5.41, 5.74) is 5.46. The van der Waals surface area contributed by atoms with Gasteiger partial charge in [0.15, 0.2) is 0 Å². The van der Waals surface area contributed by atoms with Crippen molar-refractivity contribution < 1.29 is 9.90 Å². The highest BCUT2D eigenvalue weighted by atomic mass is 16.3. The van der Waals surface area contributed by atoms with Gasteiger partial charge < -0.3 is 5.11 Å². The van der Waals surface area contributed by atoms with Gasteiger partial charge in [-0.3, -0.25) is 4.79 Å². The lowest BCUT2D eigenvalue weighted by atomic mass is 9.43. The molecule has 1 N–H and O–H groups in total. The molecule has 0 aromatic rings. The van der Waals surface area contributed by atoms with Gasteiger partial charge in [-0.15, -0.1) is 0 Å². The van der Waals surface area contributed by atoms with Crippen molar-refractivity contribution in [3.8, 4) is 0 Å². The van der Waals surface area contributed by atoms with Gasteiger partial charge in [-0.25, -0.2) is 0 Å². The van der Waals surface area contributed by atoms with Crippen LogP contribution in [0.5, 0.6) is 0 Å². The molecule has 180 valence electrons. The lowest BCUT2D eigenvalue weighted by Crippen LogP contribution is -2.55. The average Bonchev–Trinajstić information content (AvgIpc) is 3.00. The van der Waals surface area contributed by atoms with Gasteiger partial charge in [-0.05, 0) is 98.7 Å². The standard InChI is InChI=1S/C30H48O2/c1-19(2)9-11-24(31)20(3)21-13-17-30(8)23-10-12-25-27(4,5)26(32)15-16-28(25,6)22(23)14-18-29(21,30)7/h9,20-21,25-26,32H,10-18H2,1-8H3. The van der Waals surface area contributed by atoms with Crippen LogP contribution in [0.2, 0.25) is 0 Å². The maximum absolute atomic E-state index is 13.1. The van der Waals surface area contributed by atoms with Gasteiger partial charge in [0.2, 0.25) is 0 Å². The van der Waals surface area contributed by atoms with Crippen molar-refractivity contribution in [3.05, 3.63) is 22.8 Å². The Hall–Kier alpha value is -0.890. The van der Waals surface area contributed by atoms with Gasteiger partial charge in [0.1, 0.15) is 5.78 Å². The van der Waals surface area contributed by atoms with Gasteiger partial charge in [0, 0.05) is 12.3 Å². The third-order valence-corrected chi connectivity index (χ3v) is 11.6. The Morgan fingerprint density at radius 3 is 2.34 bits per heavy atom. The van der Waals surface area contributed by atoms with E-state index in [2.05, 4.69) is 61.5 Å². The molecule has 32 heavy (non-hydrogen) atoms. The van der Waals surface area contributed by atoms with Crippen LogP contribution in [0.15, 0.2) is 22.8 Å². The number of aliphatic hydroxyl groups excluding tert-OH is 1. The van der Waals surface area contributed by atoms with Crippen LogP contribution in [0.1, 0.15) is 113 Å². The topological polar surface area (TPSA) is 37.3 Å². The van der Waals surface area contributed by atoms with E-state index in [9.17, 15) is 9.90 Å². The Labute approximate surface area is 197 Å². The van der Waals surface area contributed by atoms with Crippen LogP contribution in [0.4, 0.5) is 0 Å². The van der Waals surface area contributed by atoms with E-state index in [1.807, 2.05) is 0 Å². The summed E-state index contributed by atoms with van der Waals surface area (Å²) < 4.78 is 0. The number of carbonyl (C=O) groups excluding carboxylic acids is 1. The molecule has 2 fully saturated rings. The number of ketones is 1. The highest BCUT2D eigenvalue weighted by Crippen LogP contribution is 2.72. The maximum atomic E-state index is 13.1. The molecule has 0 spiro atoms. The Morgan fingerprint density at radius 1 is 1.00 bits per heavy atom. The molecule has 4 aliphatic carbocycles. The highest BCUT2D eigenvalue weighted by molar-refractivity contribution is 5.82. The van der Waals surface area contributed by atoms with Crippen molar-refractivity contribution in [2.24, 2.45) is 39.4 Å². The van der Waals surface area contributed by atoms with Crippen molar-refractivity contribution >= 4 is 5.78 Å². The molecule has 7 unspecified atom stereocenters. The maximum Gasteiger partial charge on any atom is 0.139 e. The van der Waals surface area contributed by atoms with Crippen LogP contribution in [0, 0.1) is 39.4 Å². The normalized spacial score (nSPS) is 43.7. The van der Waals surface area contributed by atoms with E-state index in [-0.39, 0.29) is 33.7 Å². The quantitative estimate of drug-likeness (QED) is 0.456. The molecule has 4 aliphatic rings. The summed E-state index contributed by atoms with van der Waals surface area (Å²) in [5, 5.41) is 10.8. The van der Waals surface area contributed by atoms with Crippen LogP contribution >= 0.6 is 0 Å². The summed E-state index contributed by atoms with van der Waals surface area (Å²) in [4.78, 5) is 13.1. The number of hydrogen-bond donors (Lipinski definition) is 1. The predicted molar refractivity (Wildman–Crippen MR) is 133 cm³/mol. The van der Waals surface area contributed by atoms with Crippen molar-refractivity contribution in [3.63, 3.8) is 0 Å². The Bertz CT molecular complexity index is 843. The molecule has 2 saturated carbocycles. The molecule has 0 heterocycles. The number of carbonyl (C=O) groups is 1. The molecule has 0 radical (unpaired) electrons. The zero-order chi connectivity index (χ0) is 23.7. The number of Topliss-reactive ketones (excluding diaryl/α,β-unsaturated/α-hetero) is 1. The van der Waals surface area contributed by atoms with Crippen LogP contribution < -0.4 is 0 Å². The van der Waals surface area contributed by atoms with Crippen molar-refractivity contribution in [2.45, 2.75) is 119 Å². The Kier molecular flexibility index (Phi) is 5.93. The molecule has 4 rings (SSSR count). The largest absolute Gasteiger partial charge is 0.393 e. The Morgan fingerprint density at radius 2 is 1.69 bits per heavy atom. The first-order valence-corrected chi connectivity index (χ1v) is 13.4. The highest BCUT2D eigenvalue weighted by Gasteiger charge is 2.63. The fraction of sp³-hybridized carbons (Fsp3) is 0.833. The third kappa shape index (κ3) is 3.25. The average molecular weight is 441 g/mol. The van der Waals surface area contributed by atoms with E-state index < -0.39 is 0 Å². The van der Waals surface area contributed by atoms with Gasteiger partial charge >= 0.3 is 0 Å².